The number of sulfone groups is 1. The molecule has 0 bridgehead atoms. The zero-order valence-electron chi connectivity index (χ0n) is 9.94. The molecule has 0 saturated heterocycles. The highest BCUT2D eigenvalue weighted by atomic mass is 32.2. The van der Waals surface area contributed by atoms with Gasteiger partial charge >= 0.3 is 5.97 Å². The zero-order chi connectivity index (χ0) is 13.9. The van der Waals surface area contributed by atoms with Gasteiger partial charge in [0.15, 0.2) is 9.84 Å². The fraction of sp³-hybridized carbons (Fsp3) is 0.364. The summed E-state index contributed by atoms with van der Waals surface area (Å²) >= 11 is 0. The number of aromatic carboxylic acids is 1. The lowest BCUT2D eigenvalue weighted by atomic mass is 10.1. The summed E-state index contributed by atoms with van der Waals surface area (Å²) in [6.07, 6.45) is 0. The van der Waals surface area contributed by atoms with Crippen LogP contribution in [0.15, 0.2) is 17.0 Å². The Kier molecular flexibility index (Phi) is 4.42. The van der Waals surface area contributed by atoms with Gasteiger partial charge in [0.2, 0.25) is 0 Å². The summed E-state index contributed by atoms with van der Waals surface area (Å²) in [5.41, 5.74) is -0.481. The number of carbonyl (C=O) groups is 1. The summed E-state index contributed by atoms with van der Waals surface area (Å²) in [7, 11) is -2.42. The number of methoxy groups -OCH3 is 1. The van der Waals surface area contributed by atoms with Crippen LogP contribution in [0.1, 0.15) is 15.9 Å². The van der Waals surface area contributed by atoms with Crippen molar-refractivity contribution in [3.63, 3.8) is 0 Å². The maximum absolute atomic E-state index is 13.5. The van der Waals surface area contributed by atoms with E-state index >= 15 is 0 Å². The van der Waals surface area contributed by atoms with Crippen LogP contribution in [-0.2, 0) is 14.6 Å². The molecule has 0 spiro atoms. The summed E-state index contributed by atoms with van der Waals surface area (Å²) in [6.45, 7) is 1.25. The van der Waals surface area contributed by atoms with Crippen molar-refractivity contribution >= 4 is 15.8 Å². The second-order valence-corrected chi connectivity index (χ2v) is 5.78. The van der Waals surface area contributed by atoms with Crippen molar-refractivity contribution in [3.05, 3.63) is 29.1 Å². The van der Waals surface area contributed by atoms with Gasteiger partial charge < -0.3 is 9.84 Å². The van der Waals surface area contributed by atoms with Gasteiger partial charge in [-0.15, -0.1) is 0 Å². The predicted molar refractivity (Wildman–Crippen MR) is 62.0 cm³/mol. The molecule has 0 heterocycles. The van der Waals surface area contributed by atoms with Gasteiger partial charge in [-0.05, 0) is 19.1 Å². The number of rotatable bonds is 5. The first-order chi connectivity index (χ1) is 8.29. The van der Waals surface area contributed by atoms with E-state index in [2.05, 4.69) is 4.74 Å². The van der Waals surface area contributed by atoms with Crippen LogP contribution >= 0.6 is 0 Å². The first-order valence-corrected chi connectivity index (χ1v) is 6.70. The Morgan fingerprint density at radius 2 is 2.06 bits per heavy atom. The topological polar surface area (TPSA) is 80.7 Å². The number of halogens is 1. The lowest BCUT2D eigenvalue weighted by molar-refractivity contribution is 0.0696. The quantitative estimate of drug-likeness (QED) is 0.875. The first-order valence-electron chi connectivity index (χ1n) is 5.04. The fourth-order valence-electron chi connectivity index (χ4n) is 1.40. The molecular formula is C11H13FO5S. The summed E-state index contributed by atoms with van der Waals surface area (Å²) in [5.74, 6) is -2.56. The summed E-state index contributed by atoms with van der Waals surface area (Å²) in [4.78, 5) is 10.5. The molecule has 0 aliphatic heterocycles. The van der Waals surface area contributed by atoms with Gasteiger partial charge in [-0.2, -0.15) is 0 Å². The molecule has 1 rings (SSSR count). The van der Waals surface area contributed by atoms with Gasteiger partial charge in [0.25, 0.3) is 0 Å². The molecule has 0 unspecified atom stereocenters. The number of hydrogen-bond acceptors (Lipinski definition) is 4. The van der Waals surface area contributed by atoms with Crippen molar-refractivity contribution in [1.29, 1.82) is 0 Å². The van der Waals surface area contributed by atoms with E-state index in [1.165, 1.54) is 14.0 Å². The van der Waals surface area contributed by atoms with Gasteiger partial charge in [0.05, 0.1) is 22.8 Å². The Balaban J connectivity index is 3.35. The first kappa shape index (κ1) is 14.6. The van der Waals surface area contributed by atoms with Crippen LogP contribution in [0.5, 0.6) is 0 Å². The van der Waals surface area contributed by atoms with E-state index in [9.17, 15) is 17.6 Å². The maximum Gasteiger partial charge on any atom is 0.335 e. The third-order valence-corrected chi connectivity index (χ3v) is 4.23. The molecule has 1 aromatic carbocycles. The largest absolute Gasteiger partial charge is 0.478 e. The molecule has 0 aromatic heterocycles. The highest BCUT2D eigenvalue weighted by molar-refractivity contribution is 7.91. The maximum atomic E-state index is 13.5. The number of benzene rings is 1. The Labute approximate surface area is 104 Å². The van der Waals surface area contributed by atoms with Gasteiger partial charge in [0, 0.05) is 12.7 Å². The number of carboxylic acid groups (broad SMARTS) is 1. The minimum atomic E-state index is -3.76. The smallest absolute Gasteiger partial charge is 0.335 e. The molecule has 1 N–H and O–H groups in total. The Hall–Kier alpha value is -1.47. The monoisotopic (exact) mass is 276 g/mol. The van der Waals surface area contributed by atoms with Crippen molar-refractivity contribution in [2.24, 2.45) is 0 Å². The molecule has 0 aliphatic rings. The summed E-state index contributed by atoms with van der Waals surface area (Å²) in [5, 5.41) is 8.78. The molecule has 0 radical (unpaired) electrons. The predicted octanol–water partition coefficient (Wildman–Crippen LogP) is 1.25. The molecule has 0 atom stereocenters. The molecule has 0 aliphatic carbocycles. The van der Waals surface area contributed by atoms with Crippen molar-refractivity contribution in [3.8, 4) is 0 Å². The molecule has 0 fully saturated rings. The number of ether oxygens (including phenoxy) is 1. The highest BCUT2D eigenvalue weighted by Crippen LogP contribution is 2.21. The molecule has 100 valence electrons. The molecule has 5 nitrogen and oxygen atoms in total. The summed E-state index contributed by atoms with van der Waals surface area (Å²) < 4.78 is 41.9. The van der Waals surface area contributed by atoms with E-state index in [1.54, 1.807) is 0 Å². The van der Waals surface area contributed by atoms with Crippen LogP contribution in [0, 0.1) is 12.7 Å². The number of carboxylic acids is 1. The van der Waals surface area contributed by atoms with Crippen LogP contribution in [0.4, 0.5) is 4.39 Å². The van der Waals surface area contributed by atoms with E-state index in [1.807, 2.05) is 0 Å². The second-order valence-electron chi connectivity index (χ2n) is 3.70. The van der Waals surface area contributed by atoms with E-state index in [0.717, 1.165) is 12.1 Å². The van der Waals surface area contributed by atoms with Crippen molar-refractivity contribution in [1.82, 2.24) is 0 Å². The Morgan fingerprint density at radius 1 is 1.44 bits per heavy atom. The van der Waals surface area contributed by atoms with Gasteiger partial charge in [-0.3, -0.25) is 0 Å². The van der Waals surface area contributed by atoms with Gasteiger partial charge in [0.1, 0.15) is 5.82 Å². The summed E-state index contributed by atoms with van der Waals surface area (Å²) in [6, 6.07) is 1.76. The van der Waals surface area contributed by atoms with E-state index < -0.39 is 27.2 Å². The SMILES string of the molecule is COCCS(=O)(=O)c1cc(C(=O)O)cc(F)c1C. The molecule has 1 aromatic rings. The molecule has 0 saturated carbocycles. The normalized spacial score (nSPS) is 11.5. The van der Waals surface area contributed by atoms with Gasteiger partial charge in [-0.25, -0.2) is 17.6 Å². The van der Waals surface area contributed by atoms with Crippen LogP contribution in [0.25, 0.3) is 0 Å². The van der Waals surface area contributed by atoms with Crippen LogP contribution in [0.3, 0.4) is 0 Å². The average molecular weight is 276 g/mol. The third kappa shape index (κ3) is 3.05. The lowest BCUT2D eigenvalue weighted by Gasteiger charge is -2.09. The second kappa shape index (κ2) is 5.45. The van der Waals surface area contributed by atoms with Crippen molar-refractivity contribution in [2.75, 3.05) is 19.5 Å². The fourth-order valence-corrected chi connectivity index (χ4v) is 2.88. The van der Waals surface area contributed by atoms with E-state index in [-0.39, 0.29) is 22.8 Å². The minimum absolute atomic E-state index is 0.0410. The standard InChI is InChI=1S/C11H13FO5S/c1-7-9(12)5-8(11(13)14)6-10(7)18(15,16)4-3-17-2/h5-6H,3-4H2,1-2H3,(H,13,14). The van der Waals surface area contributed by atoms with Crippen LogP contribution in [0.2, 0.25) is 0 Å². The van der Waals surface area contributed by atoms with Crippen LogP contribution in [-0.4, -0.2) is 39.0 Å². The average Bonchev–Trinajstić information content (AvgIpc) is 2.29. The van der Waals surface area contributed by atoms with Gasteiger partial charge in [-0.1, -0.05) is 0 Å². The highest BCUT2D eigenvalue weighted by Gasteiger charge is 2.21. The Bertz CT molecular complexity index is 565. The lowest BCUT2D eigenvalue weighted by Crippen LogP contribution is -2.14. The molecule has 7 heteroatoms. The van der Waals surface area contributed by atoms with Crippen molar-refractivity contribution < 1.29 is 27.4 Å². The van der Waals surface area contributed by atoms with Crippen molar-refractivity contribution in [2.45, 2.75) is 11.8 Å². The van der Waals surface area contributed by atoms with E-state index in [4.69, 9.17) is 5.11 Å². The molecule has 0 amide bonds. The Morgan fingerprint density at radius 3 is 2.56 bits per heavy atom. The molecular weight excluding hydrogens is 263 g/mol. The number of hydrogen-bond donors (Lipinski definition) is 1. The zero-order valence-corrected chi connectivity index (χ0v) is 10.8. The minimum Gasteiger partial charge on any atom is -0.478 e. The molecule has 18 heavy (non-hydrogen) atoms. The van der Waals surface area contributed by atoms with Crippen LogP contribution < -0.4 is 0 Å². The van der Waals surface area contributed by atoms with E-state index in [0.29, 0.717) is 0 Å². The third-order valence-electron chi connectivity index (χ3n) is 2.43.